The van der Waals surface area contributed by atoms with Crippen molar-refractivity contribution in [2.75, 3.05) is 6.61 Å². The number of carbonyl (C=O) groups excluding carboxylic acids is 1. The fraction of sp³-hybridized carbons (Fsp3) is 0.278. The Morgan fingerprint density at radius 3 is 2.60 bits per heavy atom. The van der Waals surface area contributed by atoms with E-state index in [4.69, 9.17) is 8.92 Å². The van der Waals surface area contributed by atoms with Gasteiger partial charge in [0.25, 0.3) is 10.1 Å². The molecule has 0 radical (unpaired) electrons. The first-order valence-electron chi connectivity index (χ1n) is 7.83. The number of esters is 1. The fourth-order valence-electron chi connectivity index (χ4n) is 2.67. The zero-order valence-corrected chi connectivity index (χ0v) is 16.0. The molecule has 2 aromatic carbocycles. The normalized spacial score (nSPS) is 16.6. The number of cyclic esters (lactones) is 1. The second-order valence-corrected chi connectivity index (χ2v) is 8.39. The van der Waals surface area contributed by atoms with Gasteiger partial charge < -0.3 is 4.74 Å². The van der Waals surface area contributed by atoms with E-state index < -0.39 is 10.1 Å². The van der Waals surface area contributed by atoms with Crippen molar-refractivity contribution in [3.8, 4) is 0 Å². The van der Waals surface area contributed by atoms with Crippen LogP contribution >= 0.6 is 15.9 Å². The van der Waals surface area contributed by atoms with Crippen molar-refractivity contribution in [2.45, 2.75) is 30.8 Å². The van der Waals surface area contributed by atoms with Gasteiger partial charge in [-0.3, -0.25) is 4.18 Å². The third-order valence-corrected chi connectivity index (χ3v) is 5.81. The van der Waals surface area contributed by atoms with Crippen LogP contribution in [-0.2, 0) is 19.0 Å². The Bertz CT molecular complexity index is 890. The maximum atomic E-state index is 12.1. The van der Waals surface area contributed by atoms with Gasteiger partial charge in [-0.05, 0) is 44.0 Å². The van der Waals surface area contributed by atoms with Crippen molar-refractivity contribution < 1.29 is 22.1 Å². The van der Waals surface area contributed by atoms with Gasteiger partial charge in [-0.25, -0.2) is 4.79 Å². The van der Waals surface area contributed by atoms with Gasteiger partial charge in [0.2, 0.25) is 0 Å². The maximum absolute atomic E-state index is 12.1. The van der Waals surface area contributed by atoms with Crippen LogP contribution in [0, 0.1) is 6.92 Å². The van der Waals surface area contributed by atoms with Crippen molar-refractivity contribution in [1.29, 1.82) is 0 Å². The van der Waals surface area contributed by atoms with Crippen molar-refractivity contribution in [2.24, 2.45) is 0 Å². The second-order valence-electron chi connectivity index (χ2n) is 5.86. The molecule has 3 rings (SSSR count). The molecule has 2 aromatic rings. The molecular weight excluding hydrogens is 408 g/mol. The molecule has 1 atom stereocenters. The van der Waals surface area contributed by atoms with Crippen molar-refractivity contribution >= 4 is 32.0 Å². The maximum Gasteiger partial charge on any atom is 0.339 e. The first-order chi connectivity index (χ1) is 11.9. The zero-order valence-electron chi connectivity index (χ0n) is 13.6. The smallest absolute Gasteiger partial charge is 0.339 e. The Kier molecular flexibility index (Phi) is 5.27. The van der Waals surface area contributed by atoms with Crippen LogP contribution in [0.3, 0.4) is 0 Å². The minimum absolute atomic E-state index is 0.0378. The van der Waals surface area contributed by atoms with Gasteiger partial charge in [-0.15, -0.1) is 0 Å². The first-order valence-corrected chi connectivity index (χ1v) is 10.0. The average Bonchev–Trinajstić information content (AvgIpc) is 2.88. The molecule has 1 unspecified atom stereocenters. The van der Waals surface area contributed by atoms with E-state index in [1.165, 1.54) is 12.1 Å². The van der Waals surface area contributed by atoms with Gasteiger partial charge in [0, 0.05) is 10.0 Å². The number of ether oxygens (including phenoxy) is 1. The lowest BCUT2D eigenvalue weighted by atomic mass is 10.0. The zero-order chi connectivity index (χ0) is 18.0. The van der Waals surface area contributed by atoms with E-state index in [0.29, 0.717) is 18.4 Å². The predicted octanol–water partition coefficient (Wildman–Crippen LogP) is 4.15. The van der Waals surface area contributed by atoms with Gasteiger partial charge in [0.15, 0.2) is 0 Å². The monoisotopic (exact) mass is 424 g/mol. The van der Waals surface area contributed by atoms with Crippen LogP contribution < -0.4 is 0 Å². The minimum Gasteiger partial charge on any atom is -0.454 e. The summed E-state index contributed by atoms with van der Waals surface area (Å²) in [5, 5.41) is 0. The average molecular weight is 425 g/mol. The van der Waals surface area contributed by atoms with Crippen LogP contribution in [0.5, 0.6) is 0 Å². The third-order valence-electron chi connectivity index (χ3n) is 3.99. The molecule has 7 heteroatoms. The summed E-state index contributed by atoms with van der Waals surface area (Å²) in [4.78, 5) is 12.0. The Morgan fingerprint density at radius 1 is 1.16 bits per heavy atom. The highest BCUT2D eigenvalue weighted by molar-refractivity contribution is 9.10. The standard InChI is InChI=1S/C18H17BrO5S/c1-12-4-7-14(8-5-12)25(21,22)23-10-2-3-17-15-9-6-13(19)11-16(15)18(20)24-17/h4-9,11,17H,2-3,10H2,1H3. The number of halogens is 1. The number of fused-ring (bicyclic) bond motifs is 1. The third kappa shape index (κ3) is 4.11. The number of rotatable bonds is 6. The highest BCUT2D eigenvalue weighted by Gasteiger charge is 2.30. The van der Waals surface area contributed by atoms with Crippen LogP contribution in [0.4, 0.5) is 0 Å². The minimum atomic E-state index is -3.76. The number of aryl methyl sites for hydroxylation is 1. The van der Waals surface area contributed by atoms with Gasteiger partial charge in [-0.1, -0.05) is 39.7 Å². The molecule has 0 fully saturated rings. The van der Waals surface area contributed by atoms with E-state index in [0.717, 1.165) is 15.6 Å². The molecule has 1 heterocycles. The molecule has 0 aromatic heterocycles. The summed E-state index contributed by atoms with van der Waals surface area (Å²) in [6.07, 6.45) is 0.601. The molecule has 1 aliphatic rings. The van der Waals surface area contributed by atoms with Crippen molar-refractivity contribution in [3.05, 3.63) is 63.6 Å². The summed E-state index contributed by atoms with van der Waals surface area (Å²) in [7, 11) is -3.76. The molecule has 0 N–H and O–H groups in total. The summed E-state index contributed by atoms with van der Waals surface area (Å²) in [6.45, 7) is 1.92. The van der Waals surface area contributed by atoms with Gasteiger partial charge in [-0.2, -0.15) is 8.42 Å². The first kappa shape index (κ1) is 18.1. The van der Waals surface area contributed by atoms with Crippen molar-refractivity contribution in [3.63, 3.8) is 0 Å². The Labute approximate surface area is 155 Å². The van der Waals surface area contributed by atoms with Crippen LogP contribution in [0.15, 0.2) is 51.8 Å². The number of hydrogen-bond acceptors (Lipinski definition) is 5. The second kappa shape index (κ2) is 7.27. The molecule has 0 amide bonds. The molecule has 132 valence electrons. The number of hydrogen-bond donors (Lipinski definition) is 0. The van der Waals surface area contributed by atoms with E-state index in [1.807, 2.05) is 19.1 Å². The van der Waals surface area contributed by atoms with Gasteiger partial charge in [0.1, 0.15) is 6.10 Å². The summed E-state index contributed by atoms with van der Waals surface area (Å²) >= 11 is 3.33. The van der Waals surface area contributed by atoms with Crippen molar-refractivity contribution in [1.82, 2.24) is 0 Å². The lowest BCUT2D eigenvalue weighted by molar-refractivity contribution is 0.0356. The molecule has 5 nitrogen and oxygen atoms in total. The Hall–Kier alpha value is -1.70. The molecule has 1 aliphatic heterocycles. The Morgan fingerprint density at radius 2 is 1.88 bits per heavy atom. The van der Waals surface area contributed by atoms with E-state index in [-0.39, 0.29) is 23.6 Å². The number of carbonyl (C=O) groups is 1. The molecule has 25 heavy (non-hydrogen) atoms. The topological polar surface area (TPSA) is 69.7 Å². The van der Waals surface area contributed by atoms with Gasteiger partial charge in [0.05, 0.1) is 17.1 Å². The van der Waals surface area contributed by atoms with E-state index in [2.05, 4.69) is 15.9 Å². The highest BCUT2D eigenvalue weighted by Crippen LogP contribution is 2.35. The van der Waals surface area contributed by atoms with Gasteiger partial charge >= 0.3 is 5.97 Å². The van der Waals surface area contributed by atoms with Crippen LogP contribution in [0.1, 0.15) is 40.4 Å². The molecule has 0 bridgehead atoms. The largest absolute Gasteiger partial charge is 0.454 e. The van der Waals surface area contributed by atoms with E-state index in [1.54, 1.807) is 18.2 Å². The molecule has 0 saturated carbocycles. The Balaban J connectivity index is 1.56. The van der Waals surface area contributed by atoms with Crippen LogP contribution in [-0.4, -0.2) is 21.0 Å². The quantitative estimate of drug-likeness (QED) is 0.395. The van der Waals surface area contributed by atoms with E-state index in [9.17, 15) is 13.2 Å². The summed E-state index contributed by atoms with van der Waals surface area (Å²) in [6, 6.07) is 11.9. The molecule has 0 saturated heterocycles. The van der Waals surface area contributed by atoms with E-state index >= 15 is 0 Å². The fourth-order valence-corrected chi connectivity index (χ4v) is 3.97. The number of benzene rings is 2. The van der Waals surface area contributed by atoms with Crippen LogP contribution in [0.2, 0.25) is 0 Å². The predicted molar refractivity (Wildman–Crippen MR) is 95.8 cm³/mol. The summed E-state index contributed by atoms with van der Waals surface area (Å²) in [5.74, 6) is -0.352. The highest BCUT2D eigenvalue weighted by atomic mass is 79.9. The molecular formula is C18H17BrO5S. The SMILES string of the molecule is Cc1ccc(S(=O)(=O)OCCCC2OC(=O)c3cc(Br)ccc32)cc1. The molecule has 0 aliphatic carbocycles. The molecule has 0 spiro atoms. The summed E-state index contributed by atoms with van der Waals surface area (Å²) in [5.41, 5.74) is 2.36. The lowest BCUT2D eigenvalue weighted by Gasteiger charge is -2.11. The lowest BCUT2D eigenvalue weighted by Crippen LogP contribution is -2.09. The van der Waals surface area contributed by atoms with Crippen LogP contribution in [0.25, 0.3) is 0 Å². The summed E-state index contributed by atoms with van der Waals surface area (Å²) < 4.78 is 35.5.